The molecule has 8 heteroatoms. The molecule has 2 aliphatic rings. The van der Waals surface area contributed by atoms with Crippen LogP contribution in [-0.2, 0) is 27.1 Å². The Hall–Kier alpha value is -2.58. The van der Waals surface area contributed by atoms with E-state index in [1.807, 2.05) is 30.3 Å². The zero-order chi connectivity index (χ0) is 22.5. The molecule has 1 fully saturated rings. The molecule has 7 nitrogen and oxygen atoms in total. The van der Waals surface area contributed by atoms with E-state index in [-0.39, 0.29) is 23.8 Å². The lowest BCUT2D eigenvalue weighted by Crippen LogP contribution is -2.41. The van der Waals surface area contributed by atoms with E-state index in [9.17, 15) is 9.59 Å². The van der Waals surface area contributed by atoms with Gasteiger partial charge in [0.05, 0.1) is 25.5 Å². The van der Waals surface area contributed by atoms with Gasteiger partial charge in [0.25, 0.3) is 0 Å². The highest BCUT2D eigenvalue weighted by Gasteiger charge is 2.27. The van der Waals surface area contributed by atoms with E-state index in [2.05, 4.69) is 12.2 Å². The maximum Gasteiger partial charge on any atom is 0.409 e. The van der Waals surface area contributed by atoms with Crippen molar-refractivity contribution in [3.8, 4) is 0 Å². The van der Waals surface area contributed by atoms with Gasteiger partial charge in [0.15, 0.2) is 0 Å². The highest BCUT2D eigenvalue weighted by molar-refractivity contribution is 7.17. The van der Waals surface area contributed by atoms with Crippen molar-refractivity contribution in [1.29, 1.82) is 0 Å². The third-order valence-electron chi connectivity index (χ3n) is 6.23. The molecule has 1 aromatic heterocycles. The van der Waals surface area contributed by atoms with E-state index in [1.54, 1.807) is 16.2 Å². The Morgan fingerprint density at radius 3 is 2.78 bits per heavy atom. The summed E-state index contributed by atoms with van der Waals surface area (Å²) in [5.41, 5.74) is 9.35. The van der Waals surface area contributed by atoms with Gasteiger partial charge in [0, 0.05) is 24.4 Å². The first-order valence-corrected chi connectivity index (χ1v) is 12.1. The number of anilines is 2. The molecule has 2 amide bonds. The molecule has 4 rings (SSSR count). The van der Waals surface area contributed by atoms with Gasteiger partial charge in [0.1, 0.15) is 5.00 Å². The number of carbonyl (C=O) groups excluding carboxylic acids is 2. The van der Waals surface area contributed by atoms with Crippen molar-refractivity contribution in [1.82, 2.24) is 4.90 Å². The molecule has 1 aromatic carbocycles. The van der Waals surface area contributed by atoms with E-state index >= 15 is 0 Å². The van der Waals surface area contributed by atoms with Gasteiger partial charge in [-0.15, -0.1) is 11.3 Å². The van der Waals surface area contributed by atoms with Crippen LogP contribution in [0.2, 0.25) is 0 Å². The van der Waals surface area contributed by atoms with E-state index in [1.165, 1.54) is 4.88 Å². The molecular weight excluding hydrogens is 426 g/mol. The van der Waals surface area contributed by atoms with Crippen LogP contribution in [0.5, 0.6) is 0 Å². The van der Waals surface area contributed by atoms with Gasteiger partial charge in [-0.1, -0.05) is 37.3 Å². The number of fused-ring (bicyclic) bond motifs is 1. The molecule has 1 aliphatic carbocycles. The van der Waals surface area contributed by atoms with Crippen molar-refractivity contribution >= 4 is 34.0 Å². The van der Waals surface area contributed by atoms with E-state index in [4.69, 9.17) is 15.2 Å². The predicted molar refractivity (Wildman–Crippen MR) is 126 cm³/mol. The number of hydrogen-bond donors (Lipinski definition) is 2. The van der Waals surface area contributed by atoms with Crippen LogP contribution in [0.1, 0.15) is 41.7 Å². The summed E-state index contributed by atoms with van der Waals surface area (Å²) in [6.07, 6.45) is 2.73. The van der Waals surface area contributed by atoms with Crippen LogP contribution < -0.4 is 11.1 Å². The summed E-state index contributed by atoms with van der Waals surface area (Å²) in [4.78, 5) is 27.7. The molecule has 2 atom stereocenters. The van der Waals surface area contributed by atoms with Crippen molar-refractivity contribution in [3.05, 3.63) is 46.3 Å². The molecule has 172 valence electrons. The van der Waals surface area contributed by atoms with Crippen molar-refractivity contribution in [2.75, 3.05) is 44.0 Å². The van der Waals surface area contributed by atoms with Crippen LogP contribution >= 0.6 is 11.3 Å². The number of nitrogens with one attached hydrogen (secondary N) is 1. The third-order valence-corrected chi connectivity index (χ3v) is 7.42. The van der Waals surface area contributed by atoms with Gasteiger partial charge in [-0.2, -0.15) is 0 Å². The highest BCUT2D eigenvalue weighted by Crippen LogP contribution is 2.41. The molecule has 32 heavy (non-hydrogen) atoms. The van der Waals surface area contributed by atoms with Gasteiger partial charge in [0.2, 0.25) is 5.91 Å². The monoisotopic (exact) mass is 457 g/mol. The smallest absolute Gasteiger partial charge is 0.409 e. The lowest BCUT2D eigenvalue weighted by Gasteiger charge is -2.28. The highest BCUT2D eigenvalue weighted by atomic mass is 32.1. The van der Waals surface area contributed by atoms with Crippen LogP contribution in [0.4, 0.5) is 15.5 Å². The minimum Gasteiger partial charge on any atom is -0.449 e. The number of benzene rings is 1. The Bertz CT molecular complexity index is 940. The van der Waals surface area contributed by atoms with Crippen LogP contribution in [0.25, 0.3) is 0 Å². The Balaban J connectivity index is 1.30. The number of amides is 2. The number of nitrogens with two attached hydrogens (primary N) is 1. The second-order valence-electron chi connectivity index (χ2n) is 8.60. The van der Waals surface area contributed by atoms with Crippen molar-refractivity contribution in [3.63, 3.8) is 0 Å². The molecule has 2 aromatic rings. The number of nitrogen functional groups attached to an aromatic ring is 1. The molecule has 0 bridgehead atoms. The van der Waals surface area contributed by atoms with Gasteiger partial charge >= 0.3 is 6.09 Å². The van der Waals surface area contributed by atoms with Crippen LogP contribution in [0.3, 0.4) is 0 Å². The third kappa shape index (κ3) is 5.42. The number of morpholine rings is 1. The molecule has 0 radical (unpaired) electrons. The quantitative estimate of drug-likeness (QED) is 0.683. The summed E-state index contributed by atoms with van der Waals surface area (Å²) in [5.74, 6) is 0.382. The number of hydrogen-bond acceptors (Lipinski definition) is 6. The van der Waals surface area contributed by atoms with Crippen molar-refractivity contribution < 1.29 is 19.1 Å². The molecule has 3 N–H and O–H groups in total. The maximum atomic E-state index is 12.6. The lowest BCUT2D eigenvalue weighted by molar-refractivity contribution is -0.116. The fourth-order valence-electron chi connectivity index (χ4n) is 4.30. The SMILES string of the molecule is CC(CC(=O)Nc1sc2c(c1N)CCC(COC(=O)N1CCOCC1)C2)c1ccccc1. The molecule has 2 unspecified atom stereocenters. The van der Waals surface area contributed by atoms with Gasteiger partial charge in [-0.3, -0.25) is 4.79 Å². The van der Waals surface area contributed by atoms with Gasteiger partial charge in [-0.25, -0.2) is 4.79 Å². The average Bonchev–Trinajstić information content (AvgIpc) is 3.12. The zero-order valence-electron chi connectivity index (χ0n) is 18.5. The number of nitrogens with zero attached hydrogens (tertiary/aromatic N) is 1. The summed E-state index contributed by atoms with van der Waals surface area (Å²) in [6.45, 7) is 4.76. The Morgan fingerprint density at radius 2 is 2.03 bits per heavy atom. The first-order chi connectivity index (χ1) is 15.5. The fraction of sp³-hybridized carbons (Fsp3) is 0.500. The number of carbonyl (C=O) groups is 2. The number of rotatable bonds is 6. The minimum absolute atomic E-state index is 0.0253. The van der Waals surface area contributed by atoms with Gasteiger partial charge < -0.3 is 25.4 Å². The standard InChI is InChI=1S/C24H31N3O4S/c1-16(18-5-3-2-4-6-18)13-21(28)26-23-22(25)19-8-7-17(14-20(19)32-23)15-31-24(29)27-9-11-30-12-10-27/h2-6,16-17H,7-15,25H2,1H3,(H,26,28). The molecule has 2 heterocycles. The van der Waals surface area contributed by atoms with Crippen LogP contribution in [0.15, 0.2) is 30.3 Å². The van der Waals surface area contributed by atoms with Gasteiger partial charge in [-0.05, 0) is 42.2 Å². The predicted octanol–water partition coefficient (Wildman–Crippen LogP) is 4.04. The molecule has 1 aliphatic heterocycles. The van der Waals surface area contributed by atoms with Crippen molar-refractivity contribution in [2.45, 2.75) is 38.5 Å². The topological polar surface area (TPSA) is 93.9 Å². The summed E-state index contributed by atoms with van der Waals surface area (Å²) >= 11 is 1.55. The largest absolute Gasteiger partial charge is 0.449 e. The Kier molecular flexibility index (Phi) is 7.32. The minimum atomic E-state index is -0.259. The summed E-state index contributed by atoms with van der Waals surface area (Å²) in [6, 6.07) is 10.0. The Labute approximate surface area is 192 Å². The van der Waals surface area contributed by atoms with E-state index < -0.39 is 0 Å². The van der Waals surface area contributed by atoms with Crippen molar-refractivity contribution in [2.24, 2.45) is 5.92 Å². The second-order valence-corrected chi connectivity index (χ2v) is 9.70. The summed E-state index contributed by atoms with van der Waals surface area (Å²) in [7, 11) is 0. The van der Waals surface area contributed by atoms with E-state index in [0.29, 0.717) is 45.0 Å². The van der Waals surface area contributed by atoms with Crippen LogP contribution in [0, 0.1) is 5.92 Å². The number of thiophene rings is 1. The first kappa shape index (κ1) is 22.6. The molecule has 0 spiro atoms. The van der Waals surface area contributed by atoms with Crippen LogP contribution in [-0.4, -0.2) is 49.8 Å². The lowest BCUT2D eigenvalue weighted by atomic mass is 9.89. The van der Waals surface area contributed by atoms with E-state index in [0.717, 1.165) is 35.4 Å². The second kappa shape index (κ2) is 10.4. The first-order valence-electron chi connectivity index (χ1n) is 11.3. The molecule has 0 saturated carbocycles. The molecule has 1 saturated heterocycles. The maximum absolute atomic E-state index is 12.6. The zero-order valence-corrected chi connectivity index (χ0v) is 19.3. The number of ether oxygens (including phenoxy) is 2. The molecular formula is C24H31N3O4S. The summed E-state index contributed by atoms with van der Waals surface area (Å²) < 4.78 is 10.8. The Morgan fingerprint density at radius 1 is 1.28 bits per heavy atom. The average molecular weight is 458 g/mol. The summed E-state index contributed by atoms with van der Waals surface area (Å²) in [5, 5.41) is 3.77. The fourth-order valence-corrected chi connectivity index (χ4v) is 5.59. The normalized spacial score (nSPS) is 19.2.